The van der Waals surface area contributed by atoms with Crippen LogP contribution in [0.1, 0.15) is 5.82 Å². The fourth-order valence-corrected chi connectivity index (χ4v) is 2.63. The standard InChI is InChI=1S/C12H12BrCl2N3O/c1-19-5-4-18-11(7-13)16-17-12(18)9-3-2-8(14)6-10(9)15/h2-3,6H,4-5,7H2,1H3. The Kier molecular flexibility index (Phi) is 5.21. The van der Waals surface area contributed by atoms with Gasteiger partial charge < -0.3 is 9.30 Å². The molecule has 7 heteroatoms. The van der Waals surface area contributed by atoms with Crippen LogP contribution in [0.4, 0.5) is 0 Å². The van der Waals surface area contributed by atoms with Crippen LogP contribution >= 0.6 is 39.1 Å². The predicted octanol–water partition coefficient (Wildman–Crippen LogP) is 3.79. The van der Waals surface area contributed by atoms with E-state index in [9.17, 15) is 0 Å². The van der Waals surface area contributed by atoms with E-state index in [2.05, 4.69) is 26.1 Å². The zero-order chi connectivity index (χ0) is 13.8. The highest BCUT2D eigenvalue weighted by Crippen LogP contribution is 2.29. The van der Waals surface area contributed by atoms with Gasteiger partial charge in [0.05, 0.1) is 17.0 Å². The van der Waals surface area contributed by atoms with Gasteiger partial charge in [0.25, 0.3) is 0 Å². The number of alkyl halides is 1. The topological polar surface area (TPSA) is 39.9 Å². The number of halogens is 3. The van der Waals surface area contributed by atoms with Crippen LogP contribution in [0.2, 0.25) is 10.0 Å². The molecule has 0 aliphatic carbocycles. The second kappa shape index (κ2) is 6.70. The van der Waals surface area contributed by atoms with Gasteiger partial charge in [-0.25, -0.2) is 0 Å². The van der Waals surface area contributed by atoms with Crippen molar-refractivity contribution in [3.63, 3.8) is 0 Å². The molecule has 4 nitrogen and oxygen atoms in total. The highest BCUT2D eigenvalue weighted by Gasteiger charge is 2.15. The van der Waals surface area contributed by atoms with E-state index in [1.54, 1.807) is 19.2 Å². The molecule has 1 aromatic carbocycles. The van der Waals surface area contributed by atoms with Crippen molar-refractivity contribution in [2.24, 2.45) is 0 Å². The van der Waals surface area contributed by atoms with Crippen molar-refractivity contribution in [3.05, 3.63) is 34.1 Å². The summed E-state index contributed by atoms with van der Waals surface area (Å²) in [5, 5.41) is 10.1. The SMILES string of the molecule is COCCn1c(CBr)nnc1-c1ccc(Cl)cc1Cl. The van der Waals surface area contributed by atoms with Crippen molar-refractivity contribution in [1.29, 1.82) is 0 Å². The molecule has 0 fully saturated rings. The molecule has 102 valence electrons. The lowest BCUT2D eigenvalue weighted by molar-refractivity contribution is 0.187. The summed E-state index contributed by atoms with van der Waals surface area (Å²) in [5.41, 5.74) is 0.807. The maximum Gasteiger partial charge on any atom is 0.165 e. The lowest BCUT2D eigenvalue weighted by Crippen LogP contribution is -2.09. The zero-order valence-electron chi connectivity index (χ0n) is 10.2. The number of benzene rings is 1. The number of aromatic nitrogens is 3. The van der Waals surface area contributed by atoms with E-state index in [0.29, 0.717) is 34.4 Å². The van der Waals surface area contributed by atoms with Crippen molar-refractivity contribution < 1.29 is 4.74 Å². The average Bonchev–Trinajstić information content (AvgIpc) is 2.79. The normalized spacial score (nSPS) is 10.9. The van der Waals surface area contributed by atoms with Crippen LogP contribution in [0.25, 0.3) is 11.4 Å². The minimum absolute atomic E-state index is 0.555. The maximum atomic E-state index is 6.21. The van der Waals surface area contributed by atoms with Crippen LogP contribution in [-0.2, 0) is 16.6 Å². The first-order valence-electron chi connectivity index (χ1n) is 5.59. The summed E-state index contributed by atoms with van der Waals surface area (Å²) in [6, 6.07) is 5.32. The molecule has 0 spiro atoms. The van der Waals surface area contributed by atoms with Crippen molar-refractivity contribution >= 4 is 39.1 Å². The minimum Gasteiger partial charge on any atom is -0.383 e. The van der Waals surface area contributed by atoms with Gasteiger partial charge in [-0.05, 0) is 18.2 Å². The van der Waals surface area contributed by atoms with E-state index in [0.717, 1.165) is 11.4 Å². The number of nitrogens with zero attached hydrogens (tertiary/aromatic N) is 3. The molecular formula is C12H12BrCl2N3O. The molecule has 1 heterocycles. The third-order valence-electron chi connectivity index (χ3n) is 2.64. The first-order valence-corrected chi connectivity index (χ1v) is 7.47. The number of hydrogen-bond donors (Lipinski definition) is 0. The third kappa shape index (κ3) is 3.28. The van der Waals surface area contributed by atoms with E-state index in [4.69, 9.17) is 27.9 Å². The molecule has 2 aromatic rings. The summed E-state index contributed by atoms with van der Waals surface area (Å²) in [5.74, 6) is 1.55. The van der Waals surface area contributed by atoms with Crippen molar-refractivity contribution in [2.45, 2.75) is 11.9 Å². The Morgan fingerprint density at radius 1 is 1.32 bits per heavy atom. The van der Waals surface area contributed by atoms with Gasteiger partial charge in [-0.2, -0.15) is 0 Å². The lowest BCUT2D eigenvalue weighted by Gasteiger charge is -2.10. The minimum atomic E-state index is 0.555. The number of rotatable bonds is 5. The van der Waals surface area contributed by atoms with Gasteiger partial charge in [0, 0.05) is 24.2 Å². The molecular weight excluding hydrogens is 353 g/mol. The Labute approximate surface area is 129 Å². The van der Waals surface area contributed by atoms with Crippen LogP contribution in [0.15, 0.2) is 18.2 Å². The average molecular weight is 365 g/mol. The Balaban J connectivity index is 2.46. The first-order chi connectivity index (χ1) is 9.17. The van der Waals surface area contributed by atoms with Gasteiger partial charge in [0.1, 0.15) is 5.82 Å². The Hall–Kier alpha value is -0.620. The Morgan fingerprint density at radius 2 is 2.11 bits per heavy atom. The molecule has 0 amide bonds. The lowest BCUT2D eigenvalue weighted by atomic mass is 10.2. The first kappa shape index (κ1) is 14.8. The molecule has 0 aliphatic heterocycles. The highest BCUT2D eigenvalue weighted by molar-refractivity contribution is 9.08. The second-order valence-electron chi connectivity index (χ2n) is 3.84. The summed E-state index contributed by atoms with van der Waals surface area (Å²) >= 11 is 15.5. The molecule has 0 N–H and O–H groups in total. The molecule has 0 atom stereocenters. The Bertz CT molecular complexity index is 574. The highest BCUT2D eigenvalue weighted by atomic mass is 79.9. The van der Waals surface area contributed by atoms with Crippen molar-refractivity contribution in [2.75, 3.05) is 13.7 Å². The molecule has 1 aromatic heterocycles. The molecule has 0 saturated heterocycles. The number of hydrogen-bond acceptors (Lipinski definition) is 3. The molecule has 0 aliphatic rings. The molecule has 2 rings (SSSR count). The van der Waals surface area contributed by atoms with Gasteiger partial charge in [-0.15, -0.1) is 10.2 Å². The van der Waals surface area contributed by atoms with Crippen molar-refractivity contribution in [3.8, 4) is 11.4 Å². The van der Waals surface area contributed by atoms with E-state index in [1.807, 2.05) is 10.6 Å². The van der Waals surface area contributed by atoms with Crippen LogP contribution in [0.5, 0.6) is 0 Å². The van der Waals surface area contributed by atoms with E-state index in [-0.39, 0.29) is 0 Å². The van der Waals surface area contributed by atoms with E-state index >= 15 is 0 Å². The fourth-order valence-electron chi connectivity index (χ4n) is 1.72. The maximum absolute atomic E-state index is 6.21. The molecule has 19 heavy (non-hydrogen) atoms. The van der Waals surface area contributed by atoms with E-state index < -0.39 is 0 Å². The quantitative estimate of drug-likeness (QED) is 0.757. The summed E-state index contributed by atoms with van der Waals surface area (Å²) < 4.78 is 7.09. The number of methoxy groups -OCH3 is 1. The fraction of sp³-hybridized carbons (Fsp3) is 0.333. The molecule has 0 radical (unpaired) electrons. The molecule has 0 bridgehead atoms. The van der Waals surface area contributed by atoms with Crippen LogP contribution in [-0.4, -0.2) is 28.5 Å². The van der Waals surface area contributed by atoms with Crippen LogP contribution in [0.3, 0.4) is 0 Å². The van der Waals surface area contributed by atoms with Crippen LogP contribution < -0.4 is 0 Å². The number of ether oxygens (including phenoxy) is 1. The summed E-state index contributed by atoms with van der Waals surface area (Å²) in [4.78, 5) is 0. The second-order valence-corrected chi connectivity index (χ2v) is 5.25. The largest absolute Gasteiger partial charge is 0.383 e. The van der Waals surface area contributed by atoms with Gasteiger partial charge in [0.15, 0.2) is 5.82 Å². The summed E-state index contributed by atoms with van der Waals surface area (Å²) in [7, 11) is 1.66. The predicted molar refractivity (Wildman–Crippen MR) is 80.0 cm³/mol. The van der Waals surface area contributed by atoms with Gasteiger partial charge >= 0.3 is 0 Å². The van der Waals surface area contributed by atoms with E-state index in [1.165, 1.54) is 0 Å². The molecule has 0 saturated carbocycles. The smallest absolute Gasteiger partial charge is 0.165 e. The molecule has 0 unspecified atom stereocenters. The van der Waals surface area contributed by atoms with Gasteiger partial charge in [0.2, 0.25) is 0 Å². The zero-order valence-corrected chi connectivity index (χ0v) is 13.3. The van der Waals surface area contributed by atoms with Crippen molar-refractivity contribution in [1.82, 2.24) is 14.8 Å². The monoisotopic (exact) mass is 363 g/mol. The van der Waals surface area contributed by atoms with Gasteiger partial charge in [-0.3, -0.25) is 0 Å². The summed E-state index contributed by atoms with van der Waals surface area (Å²) in [6.45, 7) is 1.25. The third-order valence-corrected chi connectivity index (χ3v) is 3.69. The Morgan fingerprint density at radius 3 is 2.74 bits per heavy atom. The summed E-state index contributed by atoms with van der Waals surface area (Å²) in [6.07, 6.45) is 0. The van der Waals surface area contributed by atoms with Crippen LogP contribution in [0, 0.1) is 0 Å². The van der Waals surface area contributed by atoms with Gasteiger partial charge in [-0.1, -0.05) is 39.1 Å².